The second kappa shape index (κ2) is 9.07. The molecule has 2 saturated heterocycles. The Morgan fingerprint density at radius 3 is 2.44 bits per heavy atom. The Kier molecular flexibility index (Phi) is 6.77. The highest BCUT2D eigenvalue weighted by Gasteiger charge is 2.37. The average molecular weight is 392 g/mol. The minimum atomic E-state index is -0.165. The highest BCUT2D eigenvalue weighted by atomic mass is 35.5. The van der Waals surface area contributed by atoms with Crippen molar-refractivity contribution in [3.63, 3.8) is 0 Å². The van der Waals surface area contributed by atoms with Gasteiger partial charge in [0.25, 0.3) is 0 Å². The number of carbonyl (C=O) groups excluding carboxylic acids is 2. The summed E-state index contributed by atoms with van der Waals surface area (Å²) in [5.41, 5.74) is 1.12. The number of hydrogen-bond acceptors (Lipinski definition) is 3. The molecule has 1 aliphatic carbocycles. The zero-order chi connectivity index (χ0) is 17.9. The van der Waals surface area contributed by atoms with Crippen molar-refractivity contribution in [2.45, 2.75) is 44.7 Å². The molecule has 148 valence electrons. The number of nitrogens with zero attached hydrogens (tertiary/aromatic N) is 2. The van der Waals surface area contributed by atoms with Gasteiger partial charge in [0.05, 0.1) is 5.92 Å². The number of piperidine rings is 1. The van der Waals surface area contributed by atoms with Gasteiger partial charge in [-0.25, -0.2) is 0 Å². The number of nitrogens with one attached hydrogen (secondary N) is 1. The Labute approximate surface area is 167 Å². The topological polar surface area (TPSA) is 52.7 Å². The summed E-state index contributed by atoms with van der Waals surface area (Å²) >= 11 is 0. The summed E-state index contributed by atoms with van der Waals surface area (Å²) in [6, 6.07) is 10.6. The van der Waals surface area contributed by atoms with E-state index in [1.165, 1.54) is 12.8 Å². The van der Waals surface area contributed by atoms with E-state index in [0.29, 0.717) is 25.6 Å². The number of halogens is 1. The van der Waals surface area contributed by atoms with Crippen LogP contribution in [0.1, 0.15) is 37.7 Å². The van der Waals surface area contributed by atoms with Crippen molar-refractivity contribution in [1.29, 1.82) is 0 Å². The van der Waals surface area contributed by atoms with E-state index in [2.05, 4.69) is 5.32 Å². The molecule has 2 aliphatic heterocycles. The summed E-state index contributed by atoms with van der Waals surface area (Å²) < 4.78 is 0. The van der Waals surface area contributed by atoms with E-state index in [9.17, 15) is 9.59 Å². The number of rotatable bonds is 6. The molecule has 5 nitrogen and oxygen atoms in total. The lowest BCUT2D eigenvalue weighted by Crippen LogP contribution is -2.47. The molecule has 0 radical (unpaired) electrons. The molecule has 3 aliphatic rings. The van der Waals surface area contributed by atoms with Gasteiger partial charge >= 0.3 is 0 Å². The molecule has 27 heavy (non-hydrogen) atoms. The van der Waals surface area contributed by atoms with E-state index >= 15 is 0 Å². The molecule has 6 heteroatoms. The predicted octanol–water partition coefficient (Wildman–Crippen LogP) is 2.45. The highest BCUT2D eigenvalue weighted by molar-refractivity contribution is 5.89. The largest absolute Gasteiger partial charge is 0.342 e. The Morgan fingerprint density at radius 1 is 1.07 bits per heavy atom. The minimum absolute atomic E-state index is 0. The lowest BCUT2D eigenvalue weighted by molar-refractivity contribution is -0.136. The Balaban J connectivity index is 0.00000210. The van der Waals surface area contributed by atoms with Gasteiger partial charge in [0.1, 0.15) is 0 Å². The molecule has 1 unspecified atom stereocenters. The van der Waals surface area contributed by atoms with Crippen molar-refractivity contribution in [2.75, 3.05) is 26.2 Å². The van der Waals surface area contributed by atoms with Crippen LogP contribution in [0.3, 0.4) is 0 Å². The number of benzene rings is 1. The monoisotopic (exact) mass is 391 g/mol. The SMILES string of the molecule is Cl.O=C1CC(C(=O)N2CCC(NCC3CC3)CC2)CN1Cc1ccccc1. The normalized spacial score (nSPS) is 23.4. The van der Waals surface area contributed by atoms with Crippen LogP contribution >= 0.6 is 12.4 Å². The van der Waals surface area contributed by atoms with Crippen LogP contribution < -0.4 is 5.32 Å². The van der Waals surface area contributed by atoms with Gasteiger partial charge in [-0.05, 0) is 43.7 Å². The summed E-state index contributed by atoms with van der Waals surface area (Å²) in [5, 5.41) is 3.65. The van der Waals surface area contributed by atoms with Crippen molar-refractivity contribution >= 4 is 24.2 Å². The molecule has 4 rings (SSSR count). The van der Waals surface area contributed by atoms with E-state index < -0.39 is 0 Å². The van der Waals surface area contributed by atoms with Crippen molar-refractivity contribution in [1.82, 2.24) is 15.1 Å². The van der Waals surface area contributed by atoms with Crippen LogP contribution in [0.5, 0.6) is 0 Å². The van der Waals surface area contributed by atoms with E-state index in [0.717, 1.165) is 44.0 Å². The summed E-state index contributed by atoms with van der Waals surface area (Å²) in [6.45, 7) is 3.96. The molecular weight excluding hydrogens is 362 g/mol. The van der Waals surface area contributed by atoms with Gasteiger partial charge < -0.3 is 15.1 Å². The van der Waals surface area contributed by atoms with Crippen LogP contribution in [-0.2, 0) is 16.1 Å². The molecule has 0 spiro atoms. The lowest BCUT2D eigenvalue weighted by Gasteiger charge is -2.34. The summed E-state index contributed by atoms with van der Waals surface area (Å²) in [5.74, 6) is 1.01. The number of likely N-dealkylation sites (tertiary alicyclic amines) is 2. The van der Waals surface area contributed by atoms with Crippen LogP contribution in [0.4, 0.5) is 0 Å². The number of amides is 2. The van der Waals surface area contributed by atoms with Gasteiger partial charge in [-0.15, -0.1) is 12.4 Å². The van der Waals surface area contributed by atoms with Crippen LogP contribution in [0.25, 0.3) is 0 Å². The second-order valence-corrected chi connectivity index (χ2v) is 8.11. The molecule has 1 atom stereocenters. The third-order valence-corrected chi connectivity index (χ3v) is 5.98. The van der Waals surface area contributed by atoms with Crippen LogP contribution in [-0.4, -0.2) is 53.8 Å². The Bertz CT molecular complexity index is 642. The molecule has 0 bridgehead atoms. The first-order valence-corrected chi connectivity index (χ1v) is 10.0. The number of hydrogen-bond donors (Lipinski definition) is 1. The van der Waals surface area contributed by atoms with Gasteiger partial charge in [0, 0.05) is 38.6 Å². The fourth-order valence-corrected chi connectivity index (χ4v) is 4.11. The van der Waals surface area contributed by atoms with E-state index in [4.69, 9.17) is 0 Å². The summed E-state index contributed by atoms with van der Waals surface area (Å²) in [4.78, 5) is 29.0. The molecule has 3 fully saturated rings. The fourth-order valence-electron chi connectivity index (χ4n) is 4.11. The number of carbonyl (C=O) groups is 2. The van der Waals surface area contributed by atoms with E-state index in [1.807, 2.05) is 40.1 Å². The Morgan fingerprint density at radius 2 is 1.78 bits per heavy atom. The quantitative estimate of drug-likeness (QED) is 0.810. The van der Waals surface area contributed by atoms with E-state index in [1.54, 1.807) is 0 Å². The van der Waals surface area contributed by atoms with Crippen LogP contribution in [0, 0.1) is 11.8 Å². The second-order valence-electron chi connectivity index (χ2n) is 8.11. The van der Waals surface area contributed by atoms with Gasteiger partial charge in [0.2, 0.25) is 11.8 Å². The maximum atomic E-state index is 12.9. The van der Waals surface area contributed by atoms with Crippen molar-refractivity contribution in [3.8, 4) is 0 Å². The molecule has 0 aromatic heterocycles. The van der Waals surface area contributed by atoms with Crippen molar-refractivity contribution in [3.05, 3.63) is 35.9 Å². The first kappa shape index (κ1) is 20.2. The average Bonchev–Trinajstić information content (AvgIpc) is 3.44. The molecule has 1 saturated carbocycles. The van der Waals surface area contributed by atoms with Crippen LogP contribution in [0.2, 0.25) is 0 Å². The maximum absolute atomic E-state index is 12.9. The van der Waals surface area contributed by atoms with Crippen molar-refractivity contribution < 1.29 is 9.59 Å². The zero-order valence-corrected chi connectivity index (χ0v) is 16.6. The Hall–Kier alpha value is -1.59. The standard InChI is InChI=1S/C21H29N3O2.ClH/c25-20-12-18(15-24(20)14-17-4-2-1-3-5-17)21(26)23-10-8-19(9-11-23)22-13-16-6-7-16;/h1-5,16,18-19,22H,6-15H2;1H. The molecular formula is C21H30ClN3O2. The zero-order valence-electron chi connectivity index (χ0n) is 15.8. The van der Waals surface area contributed by atoms with E-state index in [-0.39, 0.29) is 30.1 Å². The first-order chi connectivity index (χ1) is 12.7. The summed E-state index contributed by atoms with van der Waals surface area (Å²) in [7, 11) is 0. The van der Waals surface area contributed by atoms with Gasteiger partial charge in [-0.1, -0.05) is 30.3 Å². The predicted molar refractivity (Wildman–Crippen MR) is 108 cm³/mol. The van der Waals surface area contributed by atoms with Gasteiger partial charge in [-0.3, -0.25) is 9.59 Å². The molecule has 1 aromatic carbocycles. The molecule has 1 N–H and O–H groups in total. The maximum Gasteiger partial charge on any atom is 0.227 e. The van der Waals surface area contributed by atoms with Crippen LogP contribution in [0.15, 0.2) is 30.3 Å². The van der Waals surface area contributed by atoms with Crippen molar-refractivity contribution in [2.24, 2.45) is 11.8 Å². The lowest BCUT2D eigenvalue weighted by atomic mass is 10.0. The first-order valence-electron chi connectivity index (χ1n) is 10.0. The fraction of sp³-hybridized carbons (Fsp3) is 0.619. The minimum Gasteiger partial charge on any atom is -0.342 e. The van der Waals surface area contributed by atoms with Gasteiger partial charge in [0.15, 0.2) is 0 Å². The third-order valence-electron chi connectivity index (χ3n) is 5.98. The summed E-state index contributed by atoms with van der Waals surface area (Å²) in [6.07, 6.45) is 5.18. The molecule has 2 heterocycles. The molecule has 1 aromatic rings. The highest BCUT2D eigenvalue weighted by Crippen LogP contribution is 2.28. The smallest absolute Gasteiger partial charge is 0.227 e. The third kappa shape index (κ3) is 5.23. The van der Waals surface area contributed by atoms with Gasteiger partial charge in [-0.2, -0.15) is 0 Å². The molecule has 2 amide bonds.